The molecular formula is C26H28N2O2. The Balaban J connectivity index is 1.54. The molecule has 1 amide bonds. The van der Waals surface area contributed by atoms with E-state index >= 15 is 0 Å². The summed E-state index contributed by atoms with van der Waals surface area (Å²) in [5.41, 5.74) is 4.44. The molecule has 154 valence electrons. The van der Waals surface area contributed by atoms with E-state index in [-0.39, 0.29) is 17.9 Å². The fraction of sp³-hybridized carbons (Fsp3) is 0.269. The SMILES string of the molecule is CN(C)C(CNC(=O)C(c1ccccc1)c1ccccc1)c1ccc2c(c1)CCO2. The Kier molecular flexibility index (Phi) is 6.15. The summed E-state index contributed by atoms with van der Waals surface area (Å²) in [6.45, 7) is 1.29. The van der Waals surface area contributed by atoms with Crippen molar-refractivity contribution in [3.63, 3.8) is 0 Å². The van der Waals surface area contributed by atoms with Crippen molar-refractivity contribution in [1.29, 1.82) is 0 Å². The molecule has 1 atom stereocenters. The number of carbonyl (C=O) groups excluding carboxylic acids is 1. The number of hydrogen-bond donors (Lipinski definition) is 1. The molecule has 4 nitrogen and oxygen atoms in total. The molecule has 0 aliphatic carbocycles. The van der Waals surface area contributed by atoms with Crippen LogP contribution in [0.3, 0.4) is 0 Å². The maximum atomic E-state index is 13.3. The van der Waals surface area contributed by atoms with Gasteiger partial charge in [0.15, 0.2) is 0 Å². The molecule has 0 saturated heterocycles. The van der Waals surface area contributed by atoms with Crippen LogP contribution in [0.5, 0.6) is 5.75 Å². The van der Waals surface area contributed by atoms with Crippen molar-refractivity contribution < 1.29 is 9.53 Å². The van der Waals surface area contributed by atoms with Gasteiger partial charge in [-0.3, -0.25) is 4.79 Å². The van der Waals surface area contributed by atoms with Crippen molar-refractivity contribution in [2.75, 3.05) is 27.2 Å². The second kappa shape index (κ2) is 9.14. The first-order valence-corrected chi connectivity index (χ1v) is 10.4. The maximum Gasteiger partial charge on any atom is 0.232 e. The molecule has 1 aliphatic rings. The van der Waals surface area contributed by atoms with Gasteiger partial charge in [-0.25, -0.2) is 0 Å². The molecule has 1 heterocycles. The zero-order chi connectivity index (χ0) is 20.9. The molecule has 0 saturated carbocycles. The summed E-state index contributed by atoms with van der Waals surface area (Å²) >= 11 is 0. The molecule has 3 aromatic carbocycles. The highest BCUT2D eigenvalue weighted by molar-refractivity contribution is 5.87. The van der Waals surface area contributed by atoms with Crippen LogP contribution in [-0.4, -0.2) is 38.1 Å². The number of nitrogens with zero attached hydrogens (tertiary/aromatic N) is 1. The lowest BCUT2D eigenvalue weighted by Gasteiger charge is -2.27. The molecule has 1 unspecified atom stereocenters. The van der Waals surface area contributed by atoms with Gasteiger partial charge in [-0.05, 0) is 42.4 Å². The molecule has 0 fully saturated rings. The molecule has 0 spiro atoms. The van der Waals surface area contributed by atoms with E-state index in [1.807, 2.05) is 80.8 Å². The molecule has 4 rings (SSSR count). The van der Waals surface area contributed by atoms with Gasteiger partial charge in [-0.15, -0.1) is 0 Å². The Labute approximate surface area is 178 Å². The van der Waals surface area contributed by atoms with Gasteiger partial charge in [0.05, 0.1) is 18.6 Å². The van der Waals surface area contributed by atoms with E-state index in [4.69, 9.17) is 4.74 Å². The van der Waals surface area contributed by atoms with Crippen LogP contribution in [0.25, 0.3) is 0 Å². The Morgan fingerprint density at radius 2 is 1.57 bits per heavy atom. The van der Waals surface area contributed by atoms with Crippen molar-refractivity contribution in [2.45, 2.75) is 18.4 Å². The van der Waals surface area contributed by atoms with Crippen molar-refractivity contribution >= 4 is 5.91 Å². The molecule has 4 heteroatoms. The summed E-state index contributed by atoms with van der Waals surface area (Å²) in [7, 11) is 4.10. The minimum atomic E-state index is -0.330. The van der Waals surface area contributed by atoms with E-state index in [0.29, 0.717) is 6.54 Å². The molecule has 30 heavy (non-hydrogen) atoms. The third kappa shape index (κ3) is 4.39. The van der Waals surface area contributed by atoms with Crippen molar-refractivity contribution in [1.82, 2.24) is 10.2 Å². The summed E-state index contributed by atoms with van der Waals surface area (Å²) in [6, 6.07) is 26.4. The lowest BCUT2D eigenvalue weighted by molar-refractivity contribution is -0.121. The molecule has 1 aliphatic heterocycles. The summed E-state index contributed by atoms with van der Waals surface area (Å²) in [5.74, 6) is 0.667. The maximum absolute atomic E-state index is 13.3. The molecule has 1 N–H and O–H groups in total. The van der Waals surface area contributed by atoms with Gasteiger partial charge >= 0.3 is 0 Å². The third-order valence-corrected chi connectivity index (χ3v) is 5.72. The topological polar surface area (TPSA) is 41.6 Å². The Morgan fingerprint density at radius 3 is 2.17 bits per heavy atom. The quantitative estimate of drug-likeness (QED) is 0.647. The Morgan fingerprint density at radius 1 is 0.933 bits per heavy atom. The number of hydrogen-bond acceptors (Lipinski definition) is 3. The van der Waals surface area contributed by atoms with Gasteiger partial charge in [0.25, 0.3) is 0 Å². The average molecular weight is 401 g/mol. The fourth-order valence-corrected chi connectivity index (χ4v) is 4.10. The molecule has 0 bridgehead atoms. The highest BCUT2D eigenvalue weighted by atomic mass is 16.5. The number of fused-ring (bicyclic) bond motifs is 1. The predicted molar refractivity (Wildman–Crippen MR) is 120 cm³/mol. The van der Waals surface area contributed by atoms with Gasteiger partial charge in [-0.2, -0.15) is 0 Å². The van der Waals surface area contributed by atoms with Gasteiger partial charge < -0.3 is 15.0 Å². The highest BCUT2D eigenvalue weighted by Crippen LogP contribution is 2.30. The van der Waals surface area contributed by atoms with Crippen molar-refractivity contribution in [2.24, 2.45) is 0 Å². The highest BCUT2D eigenvalue weighted by Gasteiger charge is 2.25. The van der Waals surface area contributed by atoms with Crippen molar-refractivity contribution in [3.8, 4) is 5.75 Å². The van der Waals surface area contributed by atoms with E-state index < -0.39 is 0 Å². The Hall–Kier alpha value is -3.11. The van der Waals surface area contributed by atoms with Crippen LogP contribution < -0.4 is 10.1 Å². The second-order valence-corrected chi connectivity index (χ2v) is 7.94. The summed E-state index contributed by atoms with van der Waals surface area (Å²) < 4.78 is 5.64. The molecule has 3 aromatic rings. The van der Waals surface area contributed by atoms with Crippen LogP contribution in [0, 0.1) is 0 Å². The normalized spacial score (nSPS) is 13.7. The number of likely N-dealkylation sites (N-methyl/N-ethyl adjacent to an activating group) is 1. The van der Waals surface area contributed by atoms with Crippen LogP contribution in [-0.2, 0) is 11.2 Å². The number of nitrogens with one attached hydrogen (secondary N) is 1. The molecular weight excluding hydrogens is 372 g/mol. The van der Waals surface area contributed by atoms with Crippen LogP contribution >= 0.6 is 0 Å². The number of rotatable bonds is 7. The first kappa shape index (κ1) is 20.2. The number of amides is 1. The standard InChI is InChI=1S/C26H28N2O2/c1-28(2)23(21-13-14-24-22(17-21)15-16-30-24)18-27-26(29)25(19-9-5-3-6-10-19)20-11-7-4-8-12-20/h3-14,17,23,25H,15-16,18H2,1-2H3,(H,27,29). The zero-order valence-electron chi connectivity index (χ0n) is 17.5. The van der Waals surface area contributed by atoms with Crippen LogP contribution in [0.15, 0.2) is 78.9 Å². The smallest absolute Gasteiger partial charge is 0.232 e. The van der Waals surface area contributed by atoms with E-state index in [9.17, 15) is 4.79 Å². The summed E-state index contributed by atoms with van der Waals surface area (Å²) in [5, 5.41) is 3.22. The lowest BCUT2D eigenvalue weighted by atomic mass is 9.90. The van der Waals surface area contributed by atoms with E-state index in [2.05, 4.69) is 22.3 Å². The van der Waals surface area contributed by atoms with Crippen molar-refractivity contribution in [3.05, 3.63) is 101 Å². The number of benzene rings is 3. The molecule has 0 radical (unpaired) electrons. The second-order valence-electron chi connectivity index (χ2n) is 7.94. The summed E-state index contributed by atoms with van der Waals surface area (Å²) in [6.07, 6.45) is 0.944. The third-order valence-electron chi connectivity index (χ3n) is 5.72. The Bertz CT molecular complexity index is 947. The van der Waals surface area contributed by atoms with Gasteiger partial charge in [0.2, 0.25) is 5.91 Å². The largest absolute Gasteiger partial charge is 0.493 e. The van der Waals surface area contributed by atoms with Crippen LogP contribution in [0.2, 0.25) is 0 Å². The monoisotopic (exact) mass is 400 g/mol. The minimum absolute atomic E-state index is 0.0174. The first-order chi connectivity index (χ1) is 14.6. The number of ether oxygens (including phenoxy) is 1. The fourth-order valence-electron chi connectivity index (χ4n) is 4.10. The van der Waals surface area contributed by atoms with Crippen LogP contribution in [0.4, 0.5) is 0 Å². The zero-order valence-corrected chi connectivity index (χ0v) is 17.5. The average Bonchev–Trinajstić information content (AvgIpc) is 3.23. The van der Waals surface area contributed by atoms with E-state index in [1.54, 1.807) is 0 Å². The van der Waals surface area contributed by atoms with Gasteiger partial charge in [0, 0.05) is 13.0 Å². The van der Waals surface area contributed by atoms with E-state index in [1.165, 1.54) is 11.1 Å². The van der Waals surface area contributed by atoms with Crippen LogP contribution in [0.1, 0.15) is 34.2 Å². The molecule has 0 aromatic heterocycles. The van der Waals surface area contributed by atoms with Gasteiger partial charge in [0.1, 0.15) is 5.75 Å². The van der Waals surface area contributed by atoms with Gasteiger partial charge in [-0.1, -0.05) is 72.8 Å². The predicted octanol–water partition coefficient (Wildman–Crippen LogP) is 4.17. The lowest BCUT2D eigenvalue weighted by Crippen LogP contribution is -2.37. The number of carbonyl (C=O) groups is 1. The first-order valence-electron chi connectivity index (χ1n) is 10.4. The summed E-state index contributed by atoms with van der Waals surface area (Å²) in [4.78, 5) is 15.5. The minimum Gasteiger partial charge on any atom is -0.493 e. The van der Waals surface area contributed by atoms with E-state index in [0.717, 1.165) is 29.9 Å².